The van der Waals surface area contributed by atoms with Gasteiger partial charge in [0.2, 0.25) is 10.0 Å². The maximum absolute atomic E-state index is 12.9. The zero-order chi connectivity index (χ0) is 20.5. The second-order valence-electron chi connectivity index (χ2n) is 7.20. The summed E-state index contributed by atoms with van der Waals surface area (Å²) in [6.45, 7) is 6.01. The third kappa shape index (κ3) is 4.14. The molecule has 28 heavy (non-hydrogen) atoms. The Labute approximate surface area is 166 Å². The maximum atomic E-state index is 12.9. The Morgan fingerprint density at radius 3 is 2.61 bits per heavy atom. The van der Waals surface area contributed by atoms with Crippen molar-refractivity contribution in [2.75, 3.05) is 17.1 Å². The number of benzene rings is 2. The van der Waals surface area contributed by atoms with Crippen molar-refractivity contribution < 1.29 is 17.9 Å². The lowest BCUT2D eigenvalue weighted by atomic mass is 9.97. The minimum atomic E-state index is -3.53. The lowest BCUT2D eigenvalue weighted by molar-refractivity contribution is -0.128. The number of amides is 1. The third-order valence-electron chi connectivity index (χ3n) is 4.95. The Morgan fingerprint density at radius 2 is 1.96 bits per heavy atom. The number of aryl methyl sites for hydroxylation is 2. The molecule has 1 amide bonds. The van der Waals surface area contributed by atoms with E-state index in [4.69, 9.17) is 4.74 Å². The molecule has 1 heterocycles. The summed E-state index contributed by atoms with van der Waals surface area (Å²) in [6.07, 6.45) is 0.938. The van der Waals surface area contributed by atoms with E-state index >= 15 is 0 Å². The summed E-state index contributed by atoms with van der Waals surface area (Å²) in [5.74, 6) is 0.0638. The lowest BCUT2D eigenvalue weighted by Gasteiger charge is -2.34. The molecular weight excluding hydrogens is 376 g/mol. The molecule has 0 saturated carbocycles. The molecule has 0 radical (unpaired) electrons. The average molecular weight is 403 g/mol. The molecule has 2 atom stereocenters. The molecular formula is C21H26N2O4S. The normalized spacial score (nSPS) is 17.4. The van der Waals surface area contributed by atoms with Crippen molar-refractivity contribution in [1.82, 2.24) is 5.32 Å². The van der Waals surface area contributed by atoms with Crippen molar-refractivity contribution >= 4 is 21.6 Å². The highest BCUT2D eigenvalue weighted by molar-refractivity contribution is 7.92. The van der Waals surface area contributed by atoms with Crippen LogP contribution in [-0.4, -0.2) is 33.2 Å². The number of sulfonamides is 1. The summed E-state index contributed by atoms with van der Waals surface area (Å²) in [5, 5.41) is 3.03. The average Bonchev–Trinajstić information content (AvgIpc) is 2.64. The number of fused-ring (bicyclic) bond motifs is 1. The smallest absolute Gasteiger partial charge is 0.263 e. The molecule has 0 spiro atoms. The highest BCUT2D eigenvalue weighted by atomic mass is 32.2. The topological polar surface area (TPSA) is 75.7 Å². The molecule has 6 nitrogen and oxygen atoms in total. The van der Waals surface area contributed by atoms with Gasteiger partial charge in [0.25, 0.3) is 5.91 Å². The highest BCUT2D eigenvalue weighted by Crippen LogP contribution is 2.34. The van der Waals surface area contributed by atoms with Crippen LogP contribution in [-0.2, 0) is 14.8 Å². The fraction of sp³-hybridized carbons (Fsp3) is 0.381. The fourth-order valence-electron chi connectivity index (χ4n) is 3.53. The van der Waals surface area contributed by atoms with Gasteiger partial charge in [-0.1, -0.05) is 42.8 Å². The summed E-state index contributed by atoms with van der Waals surface area (Å²) in [5.41, 5.74) is 3.78. The van der Waals surface area contributed by atoms with Gasteiger partial charge in [0, 0.05) is 0 Å². The molecule has 1 aliphatic heterocycles. The largest absolute Gasteiger partial charge is 0.476 e. The first-order chi connectivity index (χ1) is 13.2. The summed E-state index contributed by atoms with van der Waals surface area (Å²) in [4.78, 5) is 12.9. The maximum Gasteiger partial charge on any atom is 0.263 e. The second kappa shape index (κ2) is 7.83. The molecule has 1 aliphatic rings. The van der Waals surface area contributed by atoms with Gasteiger partial charge in [-0.05, 0) is 43.5 Å². The Balaban J connectivity index is 1.84. The lowest BCUT2D eigenvalue weighted by Crippen LogP contribution is -2.51. The van der Waals surface area contributed by atoms with E-state index in [1.165, 1.54) is 9.87 Å². The van der Waals surface area contributed by atoms with Crippen LogP contribution in [0, 0.1) is 13.8 Å². The van der Waals surface area contributed by atoms with Crippen molar-refractivity contribution in [3.63, 3.8) is 0 Å². The standard InChI is InChI=1S/C21H26N2O4S/c1-5-17(16-11-10-14(2)12-15(16)3)22-21(24)20-13-23(28(4,25)26)18-8-6-7-9-19(18)27-20/h6-12,17,20H,5,13H2,1-4H3,(H,22,24). The Morgan fingerprint density at radius 1 is 1.25 bits per heavy atom. The van der Waals surface area contributed by atoms with Gasteiger partial charge in [0.1, 0.15) is 5.75 Å². The van der Waals surface area contributed by atoms with E-state index in [0.717, 1.165) is 23.8 Å². The van der Waals surface area contributed by atoms with Crippen molar-refractivity contribution in [2.45, 2.75) is 39.3 Å². The van der Waals surface area contributed by atoms with Crippen LogP contribution in [0.25, 0.3) is 0 Å². The van der Waals surface area contributed by atoms with Gasteiger partial charge in [-0.15, -0.1) is 0 Å². The zero-order valence-corrected chi connectivity index (χ0v) is 17.4. The van der Waals surface area contributed by atoms with Crippen LogP contribution in [0.2, 0.25) is 0 Å². The zero-order valence-electron chi connectivity index (χ0n) is 16.6. The van der Waals surface area contributed by atoms with E-state index in [1.54, 1.807) is 24.3 Å². The van der Waals surface area contributed by atoms with Gasteiger partial charge >= 0.3 is 0 Å². The fourth-order valence-corrected chi connectivity index (χ4v) is 4.45. The van der Waals surface area contributed by atoms with Gasteiger partial charge in [-0.2, -0.15) is 0 Å². The minimum Gasteiger partial charge on any atom is -0.476 e. The van der Waals surface area contributed by atoms with Crippen molar-refractivity contribution in [1.29, 1.82) is 0 Å². The quantitative estimate of drug-likeness (QED) is 0.834. The van der Waals surface area contributed by atoms with Gasteiger partial charge in [0.15, 0.2) is 6.10 Å². The van der Waals surface area contributed by atoms with E-state index in [1.807, 2.05) is 32.9 Å². The molecule has 3 rings (SSSR count). The van der Waals surface area contributed by atoms with Crippen LogP contribution < -0.4 is 14.4 Å². The molecule has 2 aromatic carbocycles. The monoisotopic (exact) mass is 402 g/mol. The number of ether oxygens (including phenoxy) is 1. The van der Waals surface area contributed by atoms with Crippen molar-refractivity contribution in [3.8, 4) is 5.75 Å². The van der Waals surface area contributed by atoms with E-state index in [2.05, 4.69) is 11.4 Å². The Hall–Kier alpha value is -2.54. The number of hydrogen-bond donors (Lipinski definition) is 1. The van der Waals surface area contributed by atoms with Crippen LogP contribution in [0.5, 0.6) is 5.75 Å². The van der Waals surface area contributed by atoms with Crippen LogP contribution in [0.15, 0.2) is 42.5 Å². The first-order valence-corrected chi connectivity index (χ1v) is 11.2. The van der Waals surface area contributed by atoms with E-state index in [-0.39, 0.29) is 18.5 Å². The van der Waals surface area contributed by atoms with Crippen LogP contribution in [0.1, 0.15) is 36.1 Å². The molecule has 2 aromatic rings. The molecule has 7 heteroatoms. The van der Waals surface area contributed by atoms with Crippen LogP contribution in [0.3, 0.4) is 0 Å². The van der Waals surface area contributed by atoms with Gasteiger partial charge in [-0.3, -0.25) is 9.10 Å². The summed E-state index contributed by atoms with van der Waals surface area (Å²) >= 11 is 0. The predicted octanol–water partition coefficient (Wildman–Crippen LogP) is 3.10. The van der Waals surface area contributed by atoms with Gasteiger partial charge < -0.3 is 10.1 Å². The number of nitrogens with one attached hydrogen (secondary N) is 1. The Kier molecular flexibility index (Phi) is 5.65. The number of anilines is 1. The van der Waals surface area contributed by atoms with Gasteiger partial charge in [-0.25, -0.2) is 8.42 Å². The molecule has 0 aromatic heterocycles. The van der Waals surface area contributed by atoms with E-state index < -0.39 is 16.1 Å². The number of rotatable bonds is 5. The van der Waals surface area contributed by atoms with E-state index in [0.29, 0.717) is 11.4 Å². The second-order valence-corrected chi connectivity index (χ2v) is 9.10. The predicted molar refractivity (Wildman–Crippen MR) is 110 cm³/mol. The molecule has 150 valence electrons. The molecule has 1 N–H and O–H groups in total. The first kappa shape index (κ1) is 20.2. The minimum absolute atomic E-state index is 0.0506. The molecule has 0 saturated heterocycles. The molecule has 0 fully saturated rings. The first-order valence-electron chi connectivity index (χ1n) is 9.31. The Bertz CT molecular complexity index is 988. The highest BCUT2D eigenvalue weighted by Gasteiger charge is 2.35. The van der Waals surface area contributed by atoms with Crippen LogP contribution >= 0.6 is 0 Å². The SMILES string of the molecule is CCC(NC(=O)C1CN(S(C)(=O)=O)c2ccccc2O1)c1ccc(C)cc1C. The summed E-state index contributed by atoms with van der Waals surface area (Å²) in [7, 11) is -3.53. The molecule has 0 bridgehead atoms. The molecule has 2 unspecified atom stereocenters. The van der Waals surface area contributed by atoms with Gasteiger partial charge in [0.05, 0.1) is 24.5 Å². The number of carbonyl (C=O) groups excluding carboxylic acids is 1. The van der Waals surface area contributed by atoms with Crippen molar-refractivity contribution in [3.05, 3.63) is 59.2 Å². The summed E-state index contributed by atoms with van der Waals surface area (Å²) < 4.78 is 31.5. The number of carbonyl (C=O) groups is 1. The van der Waals surface area contributed by atoms with E-state index in [9.17, 15) is 13.2 Å². The number of nitrogens with zero attached hydrogens (tertiary/aromatic N) is 1. The summed E-state index contributed by atoms with van der Waals surface area (Å²) in [6, 6.07) is 12.8. The molecule has 0 aliphatic carbocycles. The van der Waals surface area contributed by atoms with Crippen LogP contribution in [0.4, 0.5) is 5.69 Å². The number of hydrogen-bond acceptors (Lipinski definition) is 4. The third-order valence-corrected chi connectivity index (χ3v) is 6.10. The van der Waals surface area contributed by atoms with Crippen molar-refractivity contribution in [2.24, 2.45) is 0 Å². The number of para-hydroxylation sites is 2.